The van der Waals surface area contributed by atoms with E-state index in [4.69, 9.17) is 4.42 Å². The molecule has 0 saturated carbocycles. The molecule has 1 atom stereocenters. The van der Waals surface area contributed by atoms with Crippen molar-refractivity contribution in [1.29, 1.82) is 0 Å². The molecule has 0 N–H and O–H groups in total. The van der Waals surface area contributed by atoms with Crippen molar-refractivity contribution >= 4 is 27.0 Å². The van der Waals surface area contributed by atoms with Gasteiger partial charge >= 0.3 is 0 Å². The van der Waals surface area contributed by atoms with E-state index in [0.717, 1.165) is 29.0 Å². The molecule has 0 saturated heterocycles. The normalized spacial score (nSPS) is 17.2. The van der Waals surface area contributed by atoms with Crippen LogP contribution in [0.4, 0.5) is 5.69 Å². The number of para-hydroxylation sites is 1. The number of thiophene rings is 1. The van der Waals surface area contributed by atoms with Crippen molar-refractivity contribution in [2.45, 2.75) is 30.5 Å². The van der Waals surface area contributed by atoms with E-state index in [1.54, 1.807) is 19.1 Å². The summed E-state index contributed by atoms with van der Waals surface area (Å²) in [6, 6.07) is 10.8. The highest BCUT2D eigenvalue weighted by molar-refractivity contribution is 7.94. The minimum atomic E-state index is -3.62. The Morgan fingerprint density at radius 2 is 2.00 bits per heavy atom. The second-order valence-electron chi connectivity index (χ2n) is 5.73. The van der Waals surface area contributed by atoms with Crippen molar-refractivity contribution in [2.24, 2.45) is 0 Å². The van der Waals surface area contributed by atoms with Crippen molar-refractivity contribution in [1.82, 2.24) is 10.2 Å². The van der Waals surface area contributed by atoms with Crippen molar-refractivity contribution in [2.75, 3.05) is 4.31 Å². The molecule has 0 aliphatic carbocycles. The third-order valence-electron chi connectivity index (χ3n) is 3.98. The smallest absolute Gasteiger partial charge is 0.274 e. The summed E-state index contributed by atoms with van der Waals surface area (Å²) in [5.74, 6) is 0.790. The van der Waals surface area contributed by atoms with Gasteiger partial charge in [-0.25, -0.2) is 8.42 Å². The zero-order chi connectivity index (χ0) is 16.9. The van der Waals surface area contributed by atoms with Gasteiger partial charge in [0.1, 0.15) is 4.21 Å². The Morgan fingerprint density at radius 3 is 2.75 bits per heavy atom. The van der Waals surface area contributed by atoms with Crippen LogP contribution >= 0.6 is 11.3 Å². The van der Waals surface area contributed by atoms with Crippen molar-refractivity contribution in [3.05, 3.63) is 47.9 Å². The molecule has 1 aliphatic rings. The summed E-state index contributed by atoms with van der Waals surface area (Å²) in [6.07, 6.45) is 0.719. The lowest BCUT2D eigenvalue weighted by atomic mass is 10.1. The number of sulfonamides is 1. The molecule has 0 fully saturated rings. The van der Waals surface area contributed by atoms with Gasteiger partial charge in [-0.05, 0) is 37.1 Å². The van der Waals surface area contributed by atoms with Crippen LogP contribution < -0.4 is 4.31 Å². The highest BCUT2D eigenvalue weighted by Crippen LogP contribution is 2.39. The molecule has 0 bridgehead atoms. The Balaban J connectivity index is 1.75. The Kier molecular flexibility index (Phi) is 3.47. The van der Waals surface area contributed by atoms with Crippen LogP contribution in [0.1, 0.15) is 18.4 Å². The standard InChI is InChI=1S/C16H15N3O3S2/c1-10-9-12-5-3-4-6-13(12)19(10)24(20,21)15-8-7-14(23-15)16-18-17-11(2)22-16/h3-8,10H,9H2,1-2H3/t10-/m0/s1. The van der Waals surface area contributed by atoms with Gasteiger partial charge in [-0.3, -0.25) is 4.31 Å². The van der Waals surface area contributed by atoms with Gasteiger partial charge in [0.2, 0.25) is 5.89 Å². The quantitative estimate of drug-likeness (QED) is 0.716. The third-order valence-corrected chi connectivity index (χ3v) is 7.44. The second-order valence-corrected chi connectivity index (χ2v) is 8.85. The molecule has 8 heteroatoms. The first-order chi connectivity index (χ1) is 11.5. The molecule has 24 heavy (non-hydrogen) atoms. The zero-order valence-electron chi connectivity index (χ0n) is 13.1. The van der Waals surface area contributed by atoms with Crippen LogP contribution in [-0.4, -0.2) is 24.7 Å². The molecule has 3 heterocycles. The van der Waals surface area contributed by atoms with Crippen LogP contribution in [-0.2, 0) is 16.4 Å². The number of nitrogens with zero attached hydrogens (tertiary/aromatic N) is 3. The van der Waals surface area contributed by atoms with Gasteiger partial charge in [0.05, 0.1) is 10.6 Å². The number of fused-ring (bicyclic) bond motifs is 1. The molecular formula is C16H15N3O3S2. The third kappa shape index (κ3) is 2.33. The van der Waals surface area contributed by atoms with Crippen molar-refractivity contribution in [3.8, 4) is 10.8 Å². The number of aryl methyl sites for hydroxylation is 1. The predicted octanol–water partition coefficient (Wildman–Crippen LogP) is 3.25. The number of aromatic nitrogens is 2. The maximum absolute atomic E-state index is 13.1. The number of anilines is 1. The average molecular weight is 361 g/mol. The Morgan fingerprint density at radius 1 is 1.21 bits per heavy atom. The molecule has 2 aromatic heterocycles. The number of hydrogen-bond acceptors (Lipinski definition) is 6. The summed E-state index contributed by atoms with van der Waals surface area (Å²) in [6.45, 7) is 3.62. The highest BCUT2D eigenvalue weighted by Gasteiger charge is 2.36. The van der Waals surface area contributed by atoms with Crippen LogP contribution in [0, 0.1) is 6.92 Å². The molecule has 0 amide bonds. The van der Waals surface area contributed by atoms with Gasteiger partial charge in [-0.2, -0.15) is 0 Å². The molecule has 124 valence electrons. The summed E-state index contributed by atoms with van der Waals surface area (Å²) >= 11 is 1.14. The molecule has 0 unspecified atom stereocenters. The average Bonchev–Trinajstić information content (AvgIpc) is 3.23. The van der Waals surface area contributed by atoms with E-state index < -0.39 is 10.0 Å². The van der Waals surface area contributed by atoms with Gasteiger partial charge in [-0.1, -0.05) is 18.2 Å². The van der Waals surface area contributed by atoms with Gasteiger partial charge in [0, 0.05) is 13.0 Å². The number of rotatable bonds is 3. The molecular weight excluding hydrogens is 346 g/mol. The maximum atomic E-state index is 13.1. The minimum absolute atomic E-state index is 0.108. The zero-order valence-corrected chi connectivity index (χ0v) is 14.8. The first kappa shape index (κ1) is 15.3. The lowest BCUT2D eigenvalue weighted by Crippen LogP contribution is -2.35. The lowest BCUT2D eigenvalue weighted by Gasteiger charge is -2.23. The van der Waals surface area contributed by atoms with Crippen molar-refractivity contribution < 1.29 is 12.8 Å². The molecule has 1 aromatic carbocycles. The van der Waals surface area contributed by atoms with E-state index in [9.17, 15) is 8.42 Å². The molecule has 0 spiro atoms. The topological polar surface area (TPSA) is 76.3 Å². The van der Waals surface area contributed by atoms with E-state index in [0.29, 0.717) is 16.7 Å². The van der Waals surface area contributed by atoms with Crippen LogP contribution in [0.25, 0.3) is 10.8 Å². The van der Waals surface area contributed by atoms with Crippen LogP contribution in [0.5, 0.6) is 0 Å². The number of hydrogen-bond donors (Lipinski definition) is 0. The lowest BCUT2D eigenvalue weighted by molar-refractivity contribution is 0.534. The second kappa shape index (κ2) is 5.42. The van der Waals surface area contributed by atoms with Gasteiger partial charge in [0.25, 0.3) is 15.9 Å². The maximum Gasteiger partial charge on any atom is 0.274 e. The molecule has 6 nitrogen and oxygen atoms in total. The summed E-state index contributed by atoms with van der Waals surface area (Å²) in [5.41, 5.74) is 1.81. The van der Waals surface area contributed by atoms with E-state index in [2.05, 4.69) is 10.2 Å². The van der Waals surface area contributed by atoms with Gasteiger partial charge in [0.15, 0.2) is 0 Å². The van der Waals surface area contributed by atoms with E-state index >= 15 is 0 Å². The Hall–Kier alpha value is -2.19. The Labute approximate surface area is 143 Å². The van der Waals surface area contributed by atoms with Crippen LogP contribution in [0.3, 0.4) is 0 Å². The fourth-order valence-corrected chi connectivity index (χ4v) is 5.98. The highest BCUT2D eigenvalue weighted by atomic mass is 32.2. The van der Waals surface area contributed by atoms with Crippen LogP contribution in [0.15, 0.2) is 45.0 Å². The fourth-order valence-electron chi connectivity index (χ4n) is 2.97. The van der Waals surface area contributed by atoms with Gasteiger partial charge < -0.3 is 4.42 Å². The molecule has 4 rings (SSSR count). The van der Waals surface area contributed by atoms with Crippen molar-refractivity contribution in [3.63, 3.8) is 0 Å². The summed E-state index contributed by atoms with van der Waals surface area (Å²) in [7, 11) is -3.62. The number of benzene rings is 1. The first-order valence-electron chi connectivity index (χ1n) is 7.49. The molecule has 0 radical (unpaired) electrons. The summed E-state index contributed by atoms with van der Waals surface area (Å²) in [4.78, 5) is 0.648. The summed E-state index contributed by atoms with van der Waals surface area (Å²) in [5, 5.41) is 7.73. The van der Waals surface area contributed by atoms with Crippen LogP contribution in [0.2, 0.25) is 0 Å². The van der Waals surface area contributed by atoms with E-state index in [1.807, 2.05) is 31.2 Å². The van der Waals surface area contributed by atoms with E-state index in [1.165, 1.54) is 4.31 Å². The van der Waals surface area contributed by atoms with E-state index in [-0.39, 0.29) is 10.3 Å². The molecule has 1 aliphatic heterocycles. The monoisotopic (exact) mass is 361 g/mol. The molecule has 3 aromatic rings. The first-order valence-corrected chi connectivity index (χ1v) is 9.75. The SMILES string of the molecule is Cc1nnc(-c2ccc(S(=O)(=O)N3c4ccccc4C[C@@H]3C)s2)o1. The predicted molar refractivity (Wildman–Crippen MR) is 91.6 cm³/mol. The summed E-state index contributed by atoms with van der Waals surface area (Å²) < 4.78 is 33.4. The Bertz CT molecular complexity index is 1010. The van der Waals surface area contributed by atoms with Gasteiger partial charge in [-0.15, -0.1) is 21.5 Å². The fraction of sp³-hybridized carbons (Fsp3) is 0.250. The largest absolute Gasteiger partial charge is 0.420 e. The minimum Gasteiger partial charge on any atom is -0.420 e.